The minimum absolute atomic E-state index is 0.0119. The summed E-state index contributed by atoms with van der Waals surface area (Å²) in [6, 6.07) is 9.52. The van der Waals surface area contributed by atoms with E-state index in [0.29, 0.717) is 11.9 Å². The van der Waals surface area contributed by atoms with Crippen LogP contribution in [0.4, 0.5) is 5.95 Å². The van der Waals surface area contributed by atoms with Crippen LogP contribution in [-0.4, -0.2) is 51.4 Å². The Morgan fingerprint density at radius 3 is 2.79 bits per heavy atom. The zero-order chi connectivity index (χ0) is 20.1. The molecule has 0 radical (unpaired) electrons. The fourth-order valence-electron chi connectivity index (χ4n) is 3.58. The summed E-state index contributed by atoms with van der Waals surface area (Å²) in [5.41, 5.74) is 0.855. The van der Waals surface area contributed by atoms with Crippen molar-refractivity contribution in [1.82, 2.24) is 25.4 Å². The molecule has 1 aliphatic heterocycles. The minimum Gasteiger partial charge on any atom is -0.369 e. The molecule has 2 atom stereocenters. The third-order valence-corrected chi connectivity index (χ3v) is 5.91. The fourth-order valence-corrected chi connectivity index (χ4v) is 4.55. The van der Waals surface area contributed by atoms with Crippen LogP contribution in [0.3, 0.4) is 0 Å². The minimum atomic E-state index is -0.577. The second kappa shape index (κ2) is 9.15. The lowest BCUT2D eigenvalue weighted by Crippen LogP contribution is -2.22. The molecule has 0 amide bonds. The van der Waals surface area contributed by atoms with E-state index in [0.717, 1.165) is 41.5 Å². The third-order valence-electron chi connectivity index (χ3n) is 4.97. The highest BCUT2D eigenvalue weighted by Crippen LogP contribution is 2.26. The van der Waals surface area contributed by atoms with E-state index >= 15 is 0 Å². The van der Waals surface area contributed by atoms with Crippen molar-refractivity contribution in [1.29, 1.82) is 0 Å². The zero-order valence-corrected chi connectivity index (χ0v) is 17.0. The molecule has 0 N–H and O–H groups in total. The first kappa shape index (κ1) is 19.5. The van der Waals surface area contributed by atoms with E-state index in [-0.39, 0.29) is 12.2 Å². The summed E-state index contributed by atoms with van der Waals surface area (Å²) in [7, 11) is 1.55. The van der Waals surface area contributed by atoms with Crippen molar-refractivity contribution in [2.75, 3.05) is 25.1 Å². The van der Waals surface area contributed by atoms with Gasteiger partial charge >= 0.3 is 0 Å². The summed E-state index contributed by atoms with van der Waals surface area (Å²) in [5, 5.41) is 18.2. The SMILES string of the molecule is CO[C@H](C(=O)Cc1nnc(C[C@@H]2CCN(c3nccnn3)C2)s1)c1ccccc1. The Balaban J connectivity index is 1.33. The fraction of sp³-hybridized carbons (Fsp3) is 0.400. The van der Waals surface area contributed by atoms with Crippen LogP contribution >= 0.6 is 11.3 Å². The molecule has 1 fully saturated rings. The molecule has 4 rings (SSSR count). The second-order valence-corrected chi connectivity index (χ2v) is 8.15. The van der Waals surface area contributed by atoms with Gasteiger partial charge in [-0.1, -0.05) is 30.3 Å². The Labute approximate surface area is 173 Å². The first-order chi connectivity index (χ1) is 14.2. The van der Waals surface area contributed by atoms with Crippen molar-refractivity contribution >= 4 is 23.1 Å². The lowest BCUT2D eigenvalue weighted by molar-refractivity contribution is -0.128. The van der Waals surface area contributed by atoms with Gasteiger partial charge in [0.2, 0.25) is 5.95 Å². The Kier molecular flexibility index (Phi) is 6.16. The van der Waals surface area contributed by atoms with E-state index < -0.39 is 6.10 Å². The predicted molar refractivity (Wildman–Crippen MR) is 109 cm³/mol. The summed E-state index contributed by atoms with van der Waals surface area (Å²) in [4.78, 5) is 19.1. The van der Waals surface area contributed by atoms with Crippen LogP contribution < -0.4 is 4.90 Å². The molecule has 1 aromatic carbocycles. The average molecular weight is 411 g/mol. The first-order valence-corrected chi connectivity index (χ1v) is 10.3. The van der Waals surface area contributed by atoms with Crippen LogP contribution in [0.25, 0.3) is 0 Å². The monoisotopic (exact) mass is 410 g/mol. The lowest BCUT2D eigenvalue weighted by atomic mass is 10.0. The maximum Gasteiger partial charge on any atom is 0.245 e. The topological polar surface area (TPSA) is 94.0 Å². The van der Waals surface area contributed by atoms with Gasteiger partial charge in [-0.3, -0.25) is 4.79 Å². The van der Waals surface area contributed by atoms with Crippen LogP contribution in [0.15, 0.2) is 42.7 Å². The van der Waals surface area contributed by atoms with Gasteiger partial charge in [-0.05, 0) is 17.9 Å². The van der Waals surface area contributed by atoms with E-state index in [9.17, 15) is 4.79 Å². The highest BCUT2D eigenvalue weighted by atomic mass is 32.1. The number of hydrogen-bond donors (Lipinski definition) is 0. The molecule has 3 heterocycles. The number of aromatic nitrogens is 5. The van der Waals surface area contributed by atoms with Crippen molar-refractivity contribution in [3.05, 3.63) is 58.3 Å². The highest BCUT2D eigenvalue weighted by molar-refractivity contribution is 7.11. The van der Waals surface area contributed by atoms with Gasteiger partial charge in [0.1, 0.15) is 16.1 Å². The number of carbonyl (C=O) groups is 1. The van der Waals surface area contributed by atoms with E-state index in [4.69, 9.17) is 4.74 Å². The van der Waals surface area contributed by atoms with Gasteiger partial charge in [0.15, 0.2) is 5.78 Å². The maximum absolute atomic E-state index is 12.7. The number of methoxy groups -OCH3 is 1. The molecular formula is C20H22N6O2S. The normalized spacial score (nSPS) is 17.4. The van der Waals surface area contributed by atoms with Gasteiger partial charge in [0, 0.05) is 26.6 Å². The molecule has 0 spiro atoms. The number of carbonyl (C=O) groups excluding carboxylic acids is 1. The molecule has 1 aliphatic rings. The molecule has 0 unspecified atom stereocenters. The van der Waals surface area contributed by atoms with Gasteiger partial charge in [0.05, 0.1) is 18.8 Å². The number of hydrogen-bond acceptors (Lipinski definition) is 9. The molecular weight excluding hydrogens is 388 g/mol. The van der Waals surface area contributed by atoms with Crippen molar-refractivity contribution < 1.29 is 9.53 Å². The number of nitrogens with zero attached hydrogens (tertiary/aromatic N) is 6. The number of anilines is 1. The van der Waals surface area contributed by atoms with Gasteiger partial charge in [-0.25, -0.2) is 4.98 Å². The number of ketones is 1. The van der Waals surface area contributed by atoms with Crippen LogP contribution in [-0.2, 0) is 22.4 Å². The van der Waals surface area contributed by atoms with Gasteiger partial charge in [-0.2, -0.15) is 5.10 Å². The molecule has 1 saturated heterocycles. The van der Waals surface area contributed by atoms with Crippen molar-refractivity contribution in [3.63, 3.8) is 0 Å². The summed E-state index contributed by atoms with van der Waals surface area (Å²) in [6.45, 7) is 1.78. The standard InChI is InChI=1S/C20H22N6O2S/c1-28-19(15-5-3-2-4-6-15)16(27)12-18-24-23-17(29-18)11-14-7-10-26(13-14)20-21-8-9-22-25-20/h2-6,8-9,14,19H,7,10-13H2,1H3/t14-,19-/m0/s1. The number of Topliss-reactive ketones (excluding diaryl/α,β-unsaturated/α-hetero) is 1. The third kappa shape index (κ3) is 4.80. The van der Waals surface area contributed by atoms with Gasteiger partial charge in [0.25, 0.3) is 0 Å². The number of benzene rings is 1. The predicted octanol–water partition coefficient (Wildman–Crippen LogP) is 2.29. The summed E-state index contributed by atoms with van der Waals surface area (Å²) >= 11 is 1.51. The lowest BCUT2D eigenvalue weighted by Gasteiger charge is -2.14. The average Bonchev–Trinajstić information content (AvgIpc) is 3.40. The maximum atomic E-state index is 12.7. The van der Waals surface area contributed by atoms with Gasteiger partial charge < -0.3 is 9.64 Å². The quantitative estimate of drug-likeness (QED) is 0.558. The zero-order valence-electron chi connectivity index (χ0n) is 16.1. The Morgan fingerprint density at radius 1 is 1.21 bits per heavy atom. The van der Waals surface area contributed by atoms with E-state index in [1.165, 1.54) is 11.3 Å². The molecule has 8 nitrogen and oxygen atoms in total. The van der Waals surface area contributed by atoms with E-state index in [1.807, 2.05) is 30.3 Å². The molecule has 29 heavy (non-hydrogen) atoms. The molecule has 0 aliphatic carbocycles. The summed E-state index contributed by atoms with van der Waals surface area (Å²) in [6.07, 6.45) is 4.78. The molecule has 3 aromatic rings. The largest absolute Gasteiger partial charge is 0.369 e. The molecule has 0 bridgehead atoms. The van der Waals surface area contributed by atoms with E-state index in [1.54, 1.807) is 19.5 Å². The number of ether oxygens (including phenoxy) is 1. The molecule has 0 saturated carbocycles. The summed E-state index contributed by atoms with van der Waals surface area (Å²) in [5.74, 6) is 1.12. The van der Waals surface area contributed by atoms with Crippen LogP contribution in [0.2, 0.25) is 0 Å². The van der Waals surface area contributed by atoms with E-state index in [2.05, 4.69) is 30.3 Å². The Hall–Kier alpha value is -2.78. The van der Waals surface area contributed by atoms with Crippen molar-refractivity contribution in [2.45, 2.75) is 25.4 Å². The number of rotatable bonds is 8. The Bertz CT molecular complexity index is 936. The van der Waals surface area contributed by atoms with Crippen LogP contribution in [0.1, 0.15) is 28.1 Å². The highest BCUT2D eigenvalue weighted by Gasteiger charge is 2.26. The second-order valence-electron chi connectivity index (χ2n) is 7.01. The first-order valence-electron chi connectivity index (χ1n) is 9.53. The molecule has 150 valence electrons. The molecule has 2 aromatic heterocycles. The van der Waals surface area contributed by atoms with Crippen molar-refractivity contribution in [2.24, 2.45) is 5.92 Å². The van der Waals surface area contributed by atoms with Gasteiger partial charge in [-0.15, -0.1) is 26.6 Å². The van der Waals surface area contributed by atoms with Crippen LogP contribution in [0.5, 0.6) is 0 Å². The summed E-state index contributed by atoms with van der Waals surface area (Å²) < 4.78 is 5.42. The molecule has 9 heteroatoms. The Morgan fingerprint density at radius 2 is 2.03 bits per heavy atom. The smallest absolute Gasteiger partial charge is 0.245 e. The van der Waals surface area contributed by atoms with Crippen molar-refractivity contribution in [3.8, 4) is 0 Å². The van der Waals surface area contributed by atoms with Crippen LogP contribution in [0, 0.1) is 5.92 Å².